The molecule has 9 rings (SSSR count). The van der Waals surface area contributed by atoms with Crippen molar-refractivity contribution in [1.82, 2.24) is 0 Å². The van der Waals surface area contributed by atoms with Gasteiger partial charge >= 0.3 is 0 Å². The zero-order chi connectivity index (χ0) is 30.5. The first-order chi connectivity index (χ1) is 22.8. The van der Waals surface area contributed by atoms with Gasteiger partial charge in [-0.15, -0.1) is 11.3 Å². The molecular weight excluding hydrogens is 575 g/mol. The van der Waals surface area contributed by atoms with Crippen LogP contribution in [0.5, 0.6) is 0 Å². The number of rotatable bonds is 5. The minimum Gasteiger partial charge on any atom is -0.311 e. The Kier molecular flexibility index (Phi) is 6.40. The van der Waals surface area contributed by atoms with Gasteiger partial charge in [0.2, 0.25) is 0 Å². The summed E-state index contributed by atoms with van der Waals surface area (Å²) in [5.74, 6) is 0. The van der Waals surface area contributed by atoms with E-state index in [0.29, 0.717) is 0 Å². The van der Waals surface area contributed by atoms with Gasteiger partial charge < -0.3 is 4.90 Å². The molecule has 1 nitrogen and oxygen atoms in total. The molecule has 0 aliphatic carbocycles. The van der Waals surface area contributed by atoms with Crippen molar-refractivity contribution in [3.8, 4) is 22.3 Å². The number of para-hydroxylation sites is 1. The van der Waals surface area contributed by atoms with Crippen LogP contribution in [0, 0.1) is 0 Å². The van der Waals surface area contributed by atoms with E-state index in [1.165, 1.54) is 64.0 Å². The molecule has 0 saturated heterocycles. The lowest BCUT2D eigenvalue weighted by Gasteiger charge is -2.26. The van der Waals surface area contributed by atoms with Gasteiger partial charge in [0.25, 0.3) is 0 Å². The third kappa shape index (κ3) is 4.63. The van der Waals surface area contributed by atoms with E-state index in [9.17, 15) is 0 Å². The SMILES string of the molecule is c1ccc(N(c2ccc(-c3ccc4ccccc4c3)cc2)c2ccc(-c3ccc4sc5ccc6ccccc6c5c4c3)cc2)cc1. The normalized spacial score (nSPS) is 11.5. The zero-order valence-electron chi connectivity index (χ0n) is 25.1. The Morgan fingerprint density at radius 1 is 0.326 bits per heavy atom. The van der Waals surface area contributed by atoms with Crippen LogP contribution in [-0.4, -0.2) is 0 Å². The number of fused-ring (bicyclic) bond motifs is 6. The first kappa shape index (κ1) is 26.7. The third-order valence-electron chi connectivity index (χ3n) is 9.04. The van der Waals surface area contributed by atoms with E-state index in [-0.39, 0.29) is 0 Å². The second-order valence-corrected chi connectivity index (χ2v) is 12.9. The second-order valence-electron chi connectivity index (χ2n) is 11.8. The Balaban J connectivity index is 1.08. The Hall–Kier alpha value is -5.70. The standard InChI is InChI=1S/C44H29NS/c1-2-11-37(12-3-1)45(38-22-16-31(17-23-38)35-15-14-30-8-4-5-10-34(30)28-35)39-24-18-32(19-25-39)36-21-26-42-41(29-36)44-40-13-7-6-9-33(40)20-27-43(44)46-42/h1-29H. The monoisotopic (exact) mass is 603 g/mol. The van der Waals surface area contributed by atoms with E-state index in [1.54, 1.807) is 0 Å². The summed E-state index contributed by atoms with van der Waals surface area (Å²) in [4.78, 5) is 2.33. The molecule has 2 heteroatoms. The number of nitrogens with zero attached hydrogens (tertiary/aromatic N) is 1. The van der Waals surface area contributed by atoms with E-state index < -0.39 is 0 Å². The molecule has 216 valence electrons. The van der Waals surface area contributed by atoms with Crippen molar-refractivity contribution >= 4 is 70.1 Å². The molecule has 8 aromatic carbocycles. The van der Waals surface area contributed by atoms with Gasteiger partial charge in [-0.3, -0.25) is 0 Å². The van der Waals surface area contributed by atoms with Gasteiger partial charge in [-0.2, -0.15) is 0 Å². The van der Waals surface area contributed by atoms with E-state index >= 15 is 0 Å². The smallest absolute Gasteiger partial charge is 0.0462 e. The Morgan fingerprint density at radius 2 is 0.848 bits per heavy atom. The van der Waals surface area contributed by atoms with E-state index in [2.05, 4.69) is 181 Å². The first-order valence-electron chi connectivity index (χ1n) is 15.7. The van der Waals surface area contributed by atoms with Crippen molar-refractivity contribution in [1.29, 1.82) is 0 Å². The van der Waals surface area contributed by atoms with Gasteiger partial charge in [-0.25, -0.2) is 0 Å². The third-order valence-corrected chi connectivity index (χ3v) is 10.2. The van der Waals surface area contributed by atoms with Crippen LogP contribution in [0.4, 0.5) is 17.1 Å². The summed E-state index contributed by atoms with van der Waals surface area (Å²) in [5, 5.41) is 7.82. The maximum atomic E-state index is 2.37. The lowest BCUT2D eigenvalue weighted by molar-refractivity contribution is 1.28. The fourth-order valence-corrected chi connectivity index (χ4v) is 7.83. The van der Waals surface area contributed by atoms with Gasteiger partial charge in [0.15, 0.2) is 0 Å². The van der Waals surface area contributed by atoms with Crippen LogP contribution >= 0.6 is 11.3 Å². The van der Waals surface area contributed by atoms with Crippen LogP contribution in [-0.2, 0) is 0 Å². The Morgan fingerprint density at radius 3 is 1.59 bits per heavy atom. The van der Waals surface area contributed by atoms with Gasteiger partial charge in [0.05, 0.1) is 0 Å². The van der Waals surface area contributed by atoms with Gasteiger partial charge in [-0.1, -0.05) is 115 Å². The topological polar surface area (TPSA) is 3.24 Å². The maximum absolute atomic E-state index is 2.37. The summed E-state index contributed by atoms with van der Waals surface area (Å²) in [6.07, 6.45) is 0. The number of benzene rings is 8. The molecule has 0 N–H and O–H groups in total. The lowest BCUT2D eigenvalue weighted by Crippen LogP contribution is -2.09. The number of hydrogen-bond donors (Lipinski definition) is 0. The molecule has 0 atom stereocenters. The van der Waals surface area contributed by atoms with Crippen LogP contribution in [0.3, 0.4) is 0 Å². The lowest BCUT2D eigenvalue weighted by atomic mass is 9.99. The average molecular weight is 604 g/mol. The molecule has 1 aromatic heterocycles. The highest BCUT2D eigenvalue weighted by molar-refractivity contribution is 7.26. The molecule has 9 aromatic rings. The first-order valence-corrected chi connectivity index (χ1v) is 16.5. The highest BCUT2D eigenvalue weighted by atomic mass is 32.1. The molecule has 0 spiro atoms. The maximum Gasteiger partial charge on any atom is 0.0462 e. The average Bonchev–Trinajstić information content (AvgIpc) is 3.51. The summed E-state index contributed by atoms with van der Waals surface area (Å²) in [5.41, 5.74) is 8.27. The summed E-state index contributed by atoms with van der Waals surface area (Å²) in [6.45, 7) is 0. The van der Waals surface area contributed by atoms with Crippen molar-refractivity contribution in [2.24, 2.45) is 0 Å². The van der Waals surface area contributed by atoms with Crippen molar-refractivity contribution in [2.75, 3.05) is 4.90 Å². The molecule has 0 aliphatic rings. The summed E-state index contributed by atoms with van der Waals surface area (Å²) >= 11 is 1.88. The molecule has 46 heavy (non-hydrogen) atoms. The molecule has 1 heterocycles. The van der Waals surface area contributed by atoms with Crippen LogP contribution in [0.1, 0.15) is 0 Å². The van der Waals surface area contributed by atoms with Crippen molar-refractivity contribution in [3.05, 3.63) is 176 Å². The summed E-state index contributed by atoms with van der Waals surface area (Å²) < 4.78 is 2.67. The summed E-state index contributed by atoms with van der Waals surface area (Å²) in [7, 11) is 0. The molecule has 0 radical (unpaired) electrons. The molecule has 0 saturated carbocycles. The number of thiophene rings is 1. The Labute approximate surface area is 272 Å². The minimum absolute atomic E-state index is 1.13. The highest BCUT2D eigenvalue weighted by Crippen LogP contribution is 2.41. The van der Waals surface area contributed by atoms with Crippen molar-refractivity contribution < 1.29 is 0 Å². The number of hydrogen-bond acceptors (Lipinski definition) is 2. The largest absolute Gasteiger partial charge is 0.311 e. The molecule has 0 amide bonds. The van der Waals surface area contributed by atoms with Crippen LogP contribution in [0.15, 0.2) is 176 Å². The predicted octanol–water partition coefficient (Wildman–Crippen LogP) is 13.2. The van der Waals surface area contributed by atoms with E-state index in [4.69, 9.17) is 0 Å². The highest BCUT2D eigenvalue weighted by Gasteiger charge is 2.14. The van der Waals surface area contributed by atoms with Crippen LogP contribution in [0.2, 0.25) is 0 Å². The fourth-order valence-electron chi connectivity index (χ4n) is 6.73. The van der Waals surface area contributed by atoms with E-state index in [0.717, 1.165) is 17.1 Å². The molecule has 0 bridgehead atoms. The van der Waals surface area contributed by atoms with Gasteiger partial charge in [0, 0.05) is 37.2 Å². The molecule has 0 unspecified atom stereocenters. The zero-order valence-corrected chi connectivity index (χ0v) is 25.9. The molecule has 0 aliphatic heterocycles. The van der Waals surface area contributed by atoms with Gasteiger partial charge in [0.1, 0.15) is 0 Å². The van der Waals surface area contributed by atoms with Crippen molar-refractivity contribution in [2.45, 2.75) is 0 Å². The summed E-state index contributed by atoms with van der Waals surface area (Å²) in [6, 6.07) is 63.9. The van der Waals surface area contributed by atoms with Gasteiger partial charge in [-0.05, 0) is 104 Å². The van der Waals surface area contributed by atoms with Crippen LogP contribution < -0.4 is 4.90 Å². The van der Waals surface area contributed by atoms with Crippen molar-refractivity contribution in [3.63, 3.8) is 0 Å². The second kappa shape index (κ2) is 11.0. The number of anilines is 3. The molecule has 0 fully saturated rings. The Bertz CT molecular complexity index is 2510. The quantitative estimate of drug-likeness (QED) is 0.189. The molecular formula is C44H29NS. The minimum atomic E-state index is 1.13. The van der Waals surface area contributed by atoms with Crippen LogP contribution in [0.25, 0.3) is 64.0 Å². The fraction of sp³-hybridized carbons (Fsp3) is 0. The predicted molar refractivity (Wildman–Crippen MR) is 200 cm³/mol. The van der Waals surface area contributed by atoms with E-state index in [1.807, 2.05) is 11.3 Å².